The molecule has 74 valence electrons. The van der Waals surface area contributed by atoms with Crippen molar-refractivity contribution in [1.29, 1.82) is 0 Å². The van der Waals surface area contributed by atoms with E-state index in [2.05, 4.69) is 21.2 Å². The second-order valence-electron chi connectivity index (χ2n) is 2.71. The monoisotopic (exact) mass is 257 g/mol. The zero-order valence-corrected chi connectivity index (χ0v) is 8.96. The molecule has 1 aromatic rings. The second kappa shape index (κ2) is 4.23. The van der Waals surface area contributed by atoms with Gasteiger partial charge in [-0.1, -0.05) is 0 Å². The van der Waals surface area contributed by atoms with Crippen molar-refractivity contribution in [1.82, 2.24) is 0 Å². The third kappa shape index (κ3) is 2.11. The van der Waals surface area contributed by atoms with Crippen LogP contribution in [-0.4, -0.2) is 17.5 Å². The van der Waals surface area contributed by atoms with Crippen molar-refractivity contribution in [2.45, 2.75) is 6.92 Å². The Bertz CT molecular complexity index is 390. The van der Waals surface area contributed by atoms with Crippen molar-refractivity contribution in [3.8, 4) is 0 Å². The summed E-state index contributed by atoms with van der Waals surface area (Å²) in [4.78, 5) is 21.0. The summed E-state index contributed by atoms with van der Waals surface area (Å²) in [5.41, 5.74) is 1.43. The van der Waals surface area contributed by atoms with E-state index in [1.807, 2.05) is 0 Å². The molecule has 0 atom stereocenters. The molecule has 0 radical (unpaired) electrons. The number of carboxylic acids is 1. The van der Waals surface area contributed by atoms with Crippen molar-refractivity contribution in [3.63, 3.8) is 0 Å². The number of rotatable bonds is 3. The Morgan fingerprint density at radius 2 is 2.21 bits per heavy atom. The molecule has 0 saturated heterocycles. The predicted molar refractivity (Wildman–Crippen MR) is 55.5 cm³/mol. The average Bonchev–Trinajstić information content (AvgIpc) is 2.09. The minimum absolute atomic E-state index is 0.125. The number of benzene rings is 1. The van der Waals surface area contributed by atoms with E-state index >= 15 is 0 Å². The maximum Gasteiger partial charge on any atom is 0.336 e. The van der Waals surface area contributed by atoms with Gasteiger partial charge in [0.2, 0.25) is 6.41 Å². The highest BCUT2D eigenvalue weighted by atomic mass is 79.9. The molecule has 0 aliphatic heterocycles. The first-order valence-corrected chi connectivity index (χ1v) is 4.59. The molecule has 0 spiro atoms. The Kier molecular flexibility index (Phi) is 3.24. The molecule has 0 aliphatic rings. The molecule has 0 aliphatic carbocycles. The Balaban J connectivity index is 3.26. The predicted octanol–water partition coefficient (Wildman–Crippen LogP) is 2.02. The van der Waals surface area contributed by atoms with Crippen molar-refractivity contribution >= 4 is 34.0 Å². The van der Waals surface area contributed by atoms with E-state index in [1.165, 1.54) is 6.07 Å². The highest BCUT2D eigenvalue weighted by Crippen LogP contribution is 2.24. The van der Waals surface area contributed by atoms with Crippen LogP contribution in [0.3, 0.4) is 0 Å². The quantitative estimate of drug-likeness (QED) is 0.815. The summed E-state index contributed by atoms with van der Waals surface area (Å²) in [6, 6.07) is 3.06. The highest BCUT2D eigenvalue weighted by Gasteiger charge is 2.10. The molecule has 1 rings (SSSR count). The van der Waals surface area contributed by atoms with Crippen molar-refractivity contribution in [3.05, 3.63) is 27.7 Å². The SMILES string of the molecule is Cc1cc(Br)c(C(=O)O)cc1NC=O. The fourth-order valence-electron chi connectivity index (χ4n) is 1.06. The summed E-state index contributed by atoms with van der Waals surface area (Å²) in [5, 5.41) is 11.2. The third-order valence-corrected chi connectivity index (χ3v) is 2.41. The molecule has 0 saturated carbocycles. The molecule has 0 unspecified atom stereocenters. The number of aromatic carboxylic acids is 1. The van der Waals surface area contributed by atoms with Crippen LogP contribution in [0, 0.1) is 6.92 Å². The fourth-order valence-corrected chi connectivity index (χ4v) is 1.68. The maximum atomic E-state index is 10.7. The van der Waals surface area contributed by atoms with Crippen LogP contribution >= 0.6 is 15.9 Å². The minimum atomic E-state index is -1.04. The van der Waals surface area contributed by atoms with E-state index < -0.39 is 5.97 Å². The molecule has 4 nitrogen and oxygen atoms in total. The average molecular weight is 258 g/mol. The molecule has 14 heavy (non-hydrogen) atoms. The van der Waals surface area contributed by atoms with Crippen LogP contribution in [0.25, 0.3) is 0 Å². The molecule has 5 heteroatoms. The van der Waals surface area contributed by atoms with E-state index in [0.717, 1.165) is 5.56 Å². The number of amides is 1. The number of anilines is 1. The van der Waals surface area contributed by atoms with Crippen LogP contribution in [0.4, 0.5) is 5.69 Å². The van der Waals surface area contributed by atoms with Gasteiger partial charge in [0.1, 0.15) is 0 Å². The minimum Gasteiger partial charge on any atom is -0.478 e. The number of carbonyl (C=O) groups excluding carboxylic acids is 1. The molecule has 0 fully saturated rings. The number of hydrogen-bond donors (Lipinski definition) is 2. The number of carboxylic acid groups (broad SMARTS) is 1. The summed E-state index contributed by atoms with van der Waals surface area (Å²) in [5.74, 6) is -1.04. The molecule has 1 aromatic carbocycles. The maximum absolute atomic E-state index is 10.7. The van der Waals surface area contributed by atoms with Gasteiger partial charge in [0.15, 0.2) is 0 Å². The number of nitrogens with one attached hydrogen (secondary N) is 1. The lowest BCUT2D eigenvalue weighted by Crippen LogP contribution is -2.02. The Morgan fingerprint density at radius 1 is 1.57 bits per heavy atom. The van der Waals surface area contributed by atoms with Gasteiger partial charge < -0.3 is 10.4 Å². The Hall–Kier alpha value is -1.36. The van der Waals surface area contributed by atoms with Gasteiger partial charge in [-0.15, -0.1) is 0 Å². The van der Waals surface area contributed by atoms with Crippen LogP contribution in [0.1, 0.15) is 15.9 Å². The molecule has 2 N–H and O–H groups in total. The standard InChI is InChI=1S/C9H8BrNO3/c1-5-2-7(10)6(9(13)14)3-8(5)11-4-12/h2-4H,1H3,(H,11,12)(H,13,14). The third-order valence-electron chi connectivity index (χ3n) is 1.76. The lowest BCUT2D eigenvalue weighted by Gasteiger charge is -2.07. The van der Waals surface area contributed by atoms with E-state index in [-0.39, 0.29) is 5.56 Å². The Labute approximate surface area is 89.1 Å². The van der Waals surface area contributed by atoms with Gasteiger partial charge >= 0.3 is 5.97 Å². The van der Waals surface area contributed by atoms with Crippen LogP contribution in [-0.2, 0) is 4.79 Å². The lowest BCUT2D eigenvalue weighted by atomic mass is 10.1. The topological polar surface area (TPSA) is 66.4 Å². The molecule has 1 amide bonds. The molecule has 0 bridgehead atoms. The zero-order valence-electron chi connectivity index (χ0n) is 7.37. The number of aryl methyl sites for hydroxylation is 1. The van der Waals surface area contributed by atoms with Crippen molar-refractivity contribution in [2.24, 2.45) is 0 Å². The summed E-state index contributed by atoms with van der Waals surface area (Å²) in [7, 11) is 0. The van der Waals surface area contributed by atoms with Gasteiger partial charge in [0.25, 0.3) is 0 Å². The summed E-state index contributed by atoms with van der Waals surface area (Å²) in [6.45, 7) is 1.78. The summed E-state index contributed by atoms with van der Waals surface area (Å²) in [6.07, 6.45) is 0.516. The molecular formula is C9H8BrNO3. The van der Waals surface area contributed by atoms with Gasteiger partial charge in [0.05, 0.1) is 5.56 Å². The first-order chi connectivity index (χ1) is 6.56. The van der Waals surface area contributed by atoms with E-state index in [4.69, 9.17) is 5.11 Å². The van der Waals surface area contributed by atoms with E-state index in [0.29, 0.717) is 16.6 Å². The largest absolute Gasteiger partial charge is 0.478 e. The first-order valence-electron chi connectivity index (χ1n) is 3.80. The van der Waals surface area contributed by atoms with Crippen molar-refractivity contribution in [2.75, 3.05) is 5.32 Å². The molecular weight excluding hydrogens is 250 g/mol. The van der Waals surface area contributed by atoms with Crippen LogP contribution in [0.15, 0.2) is 16.6 Å². The highest BCUT2D eigenvalue weighted by molar-refractivity contribution is 9.10. The molecule has 0 heterocycles. The van der Waals surface area contributed by atoms with Crippen LogP contribution in [0.2, 0.25) is 0 Å². The van der Waals surface area contributed by atoms with Crippen LogP contribution < -0.4 is 5.32 Å². The second-order valence-corrected chi connectivity index (χ2v) is 3.57. The smallest absolute Gasteiger partial charge is 0.336 e. The van der Waals surface area contributed by atoms with Gasteiger partial charge in [-0.05, 0) is 40.5 Å². The lowest BCUT2D eigenvalue weighted by molar-refractivity contribution is -0.105. The van der Waals surface area contributed by atoms with Gasteiger partial charge in [-0.25, -0.2) is 4.79 Å². The Morgan fingerprint density at radius 3 is 2.71 bits per heavy atom. The normalized spacial score (nSPS) is 9.57. The number of carbonyl (C=O) groups is 2. The first kappa shape index (κ1) is 10.7. The van der Waals surface area contributed by atoms with E-state index in [1.54, 1.807) is 13.0 Å². The van der Waals surface area contributed by atoms with Crippen LogP contribution in [0.5, 0.6) is 0 Å². The zero-order chi connectivity index (χ0) is 10.7. The fraction of sp³-hybridized carbons (Fsp3) is 0.111. The van der Waals surface area contributed by atoms with E-state index in [9.17, 15) is 9.59 Å². The summed E-state index contributed by atoms with van der Waals surface area (Å²) < 4.78 is 0.499. The number of hydrogen-bond acceptors (Lipinski definition) is 2. The van der Waals surface area contributed by atoms with Gasteiger partial charge in [-0.3, -0.25) is 4.79 Å². The van der Waals surface area contributed by atoms with Crippen molar-refractivity contribution < 1.29 is 14.7 Å². The van der Waals surface area contributed by atoms with Gasteiger partial charge in [0, 0.05) is 10.2 Å². The summed E-state index contributed by atoms with van der Waals surface area (Å²) >= 11 is 3.14. The van der Waals surface area contributed by atoms with Gasteiger partial charge in [-0.2, -0.15) is 0 Å². The number of halogens is 1. The molecule has 0 aromatic heterocycles.